The summed E-state index contributed by atoms with van der Waals surface area (Å²) in [4.78, 5) is 42.4. The Hall–Kier alpha value is -3.94. The minimum absolute atomic E-state index is 0.182. The van der Waals surface area contributed by atoms with Gasteiger partial charge in [-0.25, -0.2) is 5.43 Å². The molecular weight excluding hydrogens is 406 g/mol. The first-order chi connectivity index (χ1) is 15.6. The Morgan fingerprint density at radius 2 is 2.00 bits per heavy atom. The zero-order chi connectivity index (χ0) is 22.1. The number of hydrogen-bond donors (Lipinski definition) is 3. The Morgan fingerprint density at radius 3 is 2.78 bits per heavy atom. The Kier molecular flexibility index (Phi) is 5.18. The summed E-state index contributed by atoms with van der Waals surface area (Å²) in [6.07, 6.45) is 3.84. The molecule has 1 saturated heterocycles. The average molecular weight is 429 g/mol. The molecule has 3 N–H and O–H groups in total. The standard InChI is InChI=1S/C24H23N5O3/c30-20-8-4-10-29(20)11-5-9-25-23(31)16-12-17-21-18(14-26-28-24(17)32)22(27-19(21)13-16)15-6-2-1-3-7-15/h1-3,6-7,12-14,27H,4-5,8-11H2,(H,25,31)(H,28,32). The number of hydrazone groups is 1. The second-order valence-electron chi connectivity index (χ2n) is 8.02. The molecule has 3 heterocycles. The summed E-state index contributed by atoms with van der Waals surface area (Å²) in [5, 5.41) is 7.70. The third-order valence-corrected chi connectivity index (χ3v) is 5.93. The summed E-state index contributed by atoms with van der Waals surface area (Å²) < 4.78 is 0. The molecule has 0 radical (unpaired) electrons. The predicted octanol–water partition coefficient (Wildman–Crippen LogP) is 2.65. The van der Waals surface area contributed by atoms with Crippen molar-refractivity contribution in [1.29, 1.82) is 0 Å². The van der Waals surface area contributed by atoms with Crippen molar-refractivity contribution in [2.45, 2.75) is 19.3 Å². The van der Waals surface area contributed by atoms with Crippen LogP contribution < -0.4 is 10.7 Å². The van der Waals surface area contributed by atoms with E-state index in [1.165, 1.54) is 0 Å². The molecule has 1 fully saturated rings. The second-order valence-corrected chi connectivity index (χ2v) is 8.02. The van der Waals surface area contributed by atoms with Crippen molar-refractivity contribution >= 4 is 34.8 Å². The lowest BCUT2D eigenvalue weighted by molar-refractivity contribution is -0.127. The molecule has 2 aromatic carbocycles. The Morgan fingerprint density at radius 1 is 1.16 bits per heavy atom. The number of likely N-dealkylation sites (tertiary alicyclic amines) is 1. The fourth-order valence-corrected chi connectivity index (χ4v) is 4.36. The normalized spacial score (nSPS) is 15.2. The quantitative estimate of drug-likeness (QED) is 0.525. The predicted molar refractivity (Wildman–Crippen MR) is 122 cm³/mol. The van der Waals surface area contributed by atoms with Crippen LogP contribution in [0.15, 0.2) is 47.6 Å². The summed E-state index contributed by atoms with van der Waals surface area (Å²) in [6, 6.07) is 13.2. The maximum Gasteiger partial charge on any atom is 0.272 e. The van der Waals surface area contributed by atoms with Gasteiger partial charge in [0, 0.05) is 48.1 Å². The van der Waals surface area contributed by atoms with Gasteiger partial charge in [-0.2, -0.15) is 5.10 Å². The van der Waals surface area contributed by atoms with Crippen LogP contribution in [0.4, 0.5) is 0 Å². The molecule has 8 heteroatoms. The van der Waals surface area contributed by atoms with Crippen LogP contribution in [-0.4, -0.2) is 53.5 Å². The van der Waals surface area contributed by atoms with Crippen LogP contribution in [-0.2, 0) is 4.79 Å². The smallest absolute Gasteiger partial charge is 0.272 e. The molecule has 0 bridgehead atoms. The van der Waals surface area contributed by atoms with Crippen molar-refractivity contribution in [1.82, 2.24) is 20.6 Å². The Balaban J connectivity index is 1.41. The van der Waals surface area contributed by atoms with Crippen LogP contribution in [0, 0.1) is 0 Å². The van der Waals surface area contributed by atoms with Crippen LogP contribution in [0.3, 0.4) is 0 Å². The zero-order valence-electron chi connectivity index (χ0n) is 17.5. The lowest BCUT2D eigenvalue weighted by atomic mass is 10.00. The van der Waals surface area contributed by atoms with E-state index in [2.05, 4.69) is 20.8 Å². The number of aromatic nitrogens is 1. The first kappa shape index (κ1) is 20.0. The van der Waals surface area contributed by atoms with Crippen molar-refractivity contribution in [2.75, 3.05) is 19.6 Å². The summed E-state index contributed by atoms with van der Waals surface area (Å²) >= 11 is 0. The number of hydrogen-bond acceptors (Lipinski definition) is 4. The highest BCUT2D eigenvalue weighted by Crippen LogP contribution is 2.33. The molecule has 0 aliphatic carbocycles. The van der Waals surface area contributed by atoms with Gasteiger partial charge in [0.15, 0.2) is 0 Å². The van der Waals surface area contributed by atoms with Crippen molar-refractivity contribution in [3.63, 3.8) is 0 Å². The van der Waals surface area contributed by atoms with E-state index >= 15 is 0 Å². The number of aromatic amines is 1. The maximum absolute atomic E-state index is 12.8. The first-order valence-electron chi connectivity index (χ1n) is 10.8. The fourth-order valence-electron chi connectivity index (χ4n) is 4.36. The molecule has 3 aromatic rings. The molecule has 3 amide bonds. The molecule has 5 rings (SSSR count). The number of nitrogens with zero attached hydrogens (tertiary/aromatic N) is 2. The van der Waals surface area contributed by atoms with Gasteiger partial charge in [0.05, 0.1) is 17.5 Å². The number of benzene rings is 2. The number of carbonyl (C=O) groups is 3. The number of H-pyrrole nitrogens is 1. The van der Waals surface area contributed by atoms with Crippen molar-refractivity contribution in [3.05, 3.63) is 59.2 Å². The number of carbonyl (C=O) groups excluding carboxylic acids is 3. The summed E-state index contributed by atoms with van der Waals surface area (Å²) in [6.45, 7) is 1.89. The number of rotatable bonds is 6. The van der Waals surface area contributed by atoms with E-state index in [-0.39, 0.29) is 17.7 Å². The van der Waals surface area contributed by atoms with Crippen LogP contribution in [0.1, 0.15) is 45.5 Å². The van der Waals surface area contributed by atoms with E-state index in [1.54, 1.807) is 18.3 Å². The van der Waals surface area contributed by atoms with Gasteiger partial charge < -0.3 is 15.2 Å². The maximum atomic E-state index is 12.8. The molecule has 2 aliphatic rings. The monoisotopic (exact) mass is 429 g/mol. The van der Waals surface area contributed by atoms with Crippen LogP contribution >= 0.6 is 0 Å². The highest BCUT2D eigenvalue weighted by atomic mass is 16.2. The second kappa shape index (κ2) is 8.30. The third-order valence-electron chi connectivity index (χ3n) is 5.93. The highest BCUT2D eigenvalue weighted by Gasteiger charge is 2.23. The van der Waals surface area contributed by atoms with E-state index in [0.29, 0.717) is 42.6 Å². The van der Waals surface area contributed by atoms with Crippen LogP contribution in [0.25, 0.3) is 22.2 Å². The third kappa shape index (κ3) is 3.64. The summed E-state index contributed by atoms with van der Waals surface area (Å²) in [5.41, 5.74) is 6.64. The van der Waals surface area contributed by atoms with Gasteiger partial charge >= 0.3 is 0 Å². The molecule has 0 saturated carbocycles. The van der Waals surface area contributed by atoms with E-state index in [4.69, 9.17) is 0 Å². The van der Waals surface area contributed by atoms with Crippen LogP contribution in [0.2, 0.25) is 0 Å². The van der Waals surface area contributed by atoms with Gasteiger partial charge in [-0.3, -0.25) is 14.4 Å². The van der Waals surface area contributed by atoms with Crippen LogP contribution in [0.5, 0.6) is 0 Å². The van der Waals surface area contributed by atoms with E-state index in [9.17, 15) is 14.4 Å². The molecule has 162 valence electrons. The van der Waals surface area contributed by atoms with Gasteiger partial charge in [-0.15, -0.1) is 0 Å². The van der Waals surface area contributed by atoms with Gasteiger partial charge in [0.25, 0.3) is 11.8 Å². The molecule has 2 aliphatic heterocycles. The largest absolute Gasteiger partial charge is 0.354 e. The minimum Gasteiger partial charge on any atom is -0.354 e. The van der Waals surface area contributed by atoms with E-state index < -0.39 is 0 Å². The fraction of sp³-hybridized carbons (Fsp3) is 0.250. The van der Waals surface area contributed by atoms with E-state index in [0.717, 1.165) is 35.2 Å². The minimum atomic E-state index is -0.356. The SMILES string of the molecule is O=C(NCCCN1CCCC1=O)c1cc2c3c(c(-c4ccccc4)[nH]c3c1)C=NNC2=O. The first-order valence-corrected chi connectivity index (χ1v) is 10.8. The molecule has 1 aromatic heterocycles. The molecule has 32 heavy (non-hydrogen) atoms. The van der Waals surface area contributed by atoms with Gasteiger partial charge in [0.2, 0.25) is 5.91 Å². The van der Waals surface area contributed by atoms with Crippen molar-refractivity contribution in [2.24, 2.45) is 5.10 Å². The molecule has 0 unspecified atom stereocenters. The zero-order valence-corrected chi connectivity index (χ0v) is 17.5. The van der Waals surface area contributed by atoms with Crippen molar-refractivity contribution < 1.29 is 14.4 Å². The average Bonchev–Trinajstić information content (AvgIpc) is 3.34. The highest BCUT2D eigenvalue weighted by molar-refractivity contribution is 6.18. The number of amides is 3. The summed E-state index contributed by atoms with van der Waals surface area (Å²) in [5.74, 6) is -0.431. The topological polar surface area (TPSA) is 107 Å². The number of nitrogens with one attached hydrogen (secondary N) is 3. The molecular formula is C24H23N5O3. The van der Waals surface area contributed by atoms with Gasteiger partial charge in [0.1, 0.15) is 0 Å². The lowest BCUT2D eigenvalue weighted by Gasteiger charge is -2.15. The van der Waals surface area contributed by atoms with Crippen molar-refractivity contribution in [3.8, 4) is 11.3 Å². The summed E-state index contributed by atoms with van der Waals surface area (Å²) in [7, 11) is 0. The Labute approximate surface area is 184 Å². The molecule has 8 nitrogen and oxygen atoms in total. The molecule has 0 atom stereocenters. The van der Waals surface area contributed by atoms with Gasteiger partial charge in [-0.05, 0) is 30.5 Å². The van der Waals surface area contributed by atoms with E-state index in [1.807, 2.05) is 35.2 Å². The van der Waals surface area contributed by atoms with Gasteiger partial charge in [-0.1, -0.05) is 30.3 Å². The lowest BCUT2D eigenvalue weighted by Crippen LogP contribution is -2.30. The molecule has 0 spiro atoms. The Bertz CT molecular complexity index is 1250.